The lowest BCUT2D eigenvalue weighted by molar-refractivity contribution is -0.116. The Balaban J connectivity index is 1.97. The van der Waals surface area contributed by atoms with E-state index in [1.807, 2.05) is 18.2 Å². The highest BCUT2D eigenvalue weighted by Crippen LogP contribution is 2.27. The molecule has 0 spiro atoms. The highest BCUT2D eigenvalue weighted by atomic mass is 32.2. The average Bonchev–Trinajstić information content (AvgIpc) is 2.39. The van der Waals surface area contributed by atoms with Crippen LogP contribution >= 0.6 is 11.8 Å². The maximum Gasteiger partial charge on any atom is 0.130 e. The molecule has 0 aliphatic heterocycles. The van der Waals surface area contributed by atoms with Crippen molar-refractivity contribution in [2.24, 2.45) is 0 Å². The number of carbonyl (C=O) groups is 1. The van der Waals surface area contributed by atoms with E-state index in [0.29, 0.717) is 6.42 Å². The molecule has 0 fully saturated rings. The molecule has 2 aromatic rings. The molecule has 0 N–H and O–H groups in total. The summed E-state index contributed by atoms with van der Waals surface area (Å²) in [6.45, 7) is 1.64. The zero-order valence-corrected chi connectivity index (χ0v) is 11.2. The SMILES string of the molecule is CC(=O)CCc1ccc(Sc2ccccc2)cc1. The van der Waals surface area contributed by atoms with E-state index < -0.39 is 0 Å². The Kier molecular flexibility index (Phi) is 4.59. The van der Waals surface area contributed by atoms with Crippen LogP contribution in [0.25, 0.3) is 0 Å². The quantitative estimate of drug-likeness (QED) is 0.790. The fourth-order valence-electron chi connectivity index (χ4n) is 1.67. The lowest BCUT2D eigenvalue weighted by atomic mass is 10.1. The van der Waals surface area contributed by atoms with Gasteiger partial charge in [-0.25, -0.2) is 0 Å². The van der Waals surface area contributed by atoms with Crippen LogP contribution in [0.1, 0.15) is 18.9 Å². The van der Waals surface area contributed by atoms with E-state index in [2.05, 4.69) is 36.4 Å². The van der Waals surface area contributed by atoms with Crippen molar-refractivity contribution in [1.29, 1.82) is 0 Å². The summed E-state index contributed by atoms with van der Waals surface area (Å²) in [7, 11) is 0. The second kappa shape index (κ2) is 6.41. The third-order valence-electron chi connectivity index (χ3n) is 2.67. The number of ketones is 1. The van der Waals surface area contributed by atoms with Gasteiger partial charge in [-0.2, -0.15) is 0 Å². The Morgan fingerprint density at radius 3 is 2.17 bits per heavy atom. The van der Waals surface area contributed by atoms with E-state index >= 15 is 0 Å². The summed E-state index contributed by atoms with van der Waals surface area (Å²) >= 11 is 1.75. The van der Waals surface area contributed by atoms with E-state index in [1.165, 1.54) is 15.4 Å². The first-order chi connectivity index (χ1) is 8.74. The van der Waals surface area contributed by atoms with Gasteiger partial charge in [-0.05, 0) is 43.2 Å². The van der Waals surface area contributed by atoms with Gasteiger partial charge >= 0.3 is 0 Å². The normalized spacial score (nSPS) is 10.3. The predicted molar refractivity (Wildman–Crippen MR) is 76.0 cm³/mol. The number of carbonyl (C=O) groups excluding carboxylic acids is 1. The van der Waals surface area contributed by atoms with Crippen molar-refractivity contribution in [2.75, 3.05) is 0 Å². The molecule has 0 saturated carbocycles. The molecule has 1 nitrogen and oxygen atoms in total. The topological polar surface area (TPSA) is 17.1 Å². The summed E-state index contributed by atoms with van der Waals surface area (Å²) in [5, 5.41) is 0. The second-order valence-corrected chi connectivity index (χ2v) is 5.41. The maximum absolute atomic E-state index is 10.9. The summed E-state index contributed by atoms with van der Waals surface area (Å²) in [6, 6.07) is 18.8. The fourth-order valence-corrected chi connectivity index (χ4v) is 2.51. The molecule has 0 heterocycles. The van der Waals surface area contributed by atoms with Gasteiger partial charge in [0.2, 0.25) is 0 Å². The van der Waals surface area contributed by atoms with Crippen molar-refractivity contribution < 1.29 is 4.79 Å². The third-order valence-corrected chi connectivity index (χ3v) is 3.68. The Labute approximate surface area is 112 Å². The predicted octanol–water partition coefficient (Wildman–Crippen LogP) is 4.36. The van der Waals surface area contributed by atoms with Crippen molar-refractivity contribution in [3.63, 3.8) is 0 Å². The molecule has 0 radical (unpaired) electrons. The van der Waals surface area contributed by atoms with Crippen molar-refractivity contribution in [3.8, 4) is 0 Å². The van der Waals surface area contributed by atoms with Crippen molar-refractivity contribution >= 4 is 17.5 Å². The molecule has 0 aromatic heterocycles. The van der Waals surface area contributed by atoms with Gasteiger partial charge in [0.1, 0.15) is 5.78 Å². The number of aryl methyl sites for hydroxylation is 1. The Hall–Kier alpha value is -1.54. The number of rotatable bonds is 5. The fraction of sp³-hybridized carbons (Fsp3) is 0.188. The molecule has 0 aliphatic rings. The molecule has 0 atom stereocenters. The van der Waals surface area contributed by atoms with E-state index in [0.717, 1.165) is 6.42 Å². The minimum Gasteiger partial charge on any atom is -0.300 e. The van der Waals surface area contributed by atoms with Crippen molar-refractivity contribution in [1.82, 2.24) is 0 Å². The van der Waals surface area contributed by atoms with Crippen LogP contribution < -0.4 is 0 Å². The van der Waals surface area contributed by atoms with Gasteiger partial charge in [0.15, 0.2) is 0 Å². The van der Waals surface area contributed by atoms with Crippen molar-refractivity contribution in [3.05, 3.63) is 60.2 Å². The second-order valence-electron chi connectivity index (χ2n) is 4.26. The molecular weight excluding hydrogens is 240 g/mol. The Bertz CT molecular complexity index is 502. The van der Waals surface area contributed by atoms with Gasteiger partial charge in [-0.3, -0.25) is 0 Å². The summed E-state index contributed by atoms with van der Waals surface area (Å²) in [4.78, 5) is 13.4. The third kappa shape index (κ3) is 4.04. The van der Waals surface area contributed by atoms with Crippen LogP contribution in [0.15, 0.2) is 64.4 Å². The van der Waals surface area contributed by atoms with Gasteiger partial charge in [0.25, 0.3) is 0 Å². The van der Waals surface area contributed by atoms with Crippen LogP contribution in [0.4, 0.5) is 0 Å². The van der Waals surface area contributed by atoms with E-state index in [1.54, 1.807) is 18.7 Å². The van der Waals surface area contributed by atoms with Crippen LogP contribution in [-0.2, 0) is 11.2 Å². The van der Waals surface area contributed by atoms with Crippen LogP contribution in [0.3, 0.4) is 0 Å². The highest BCUT2D eigenvalue weighted by molar-refractivity contribution is 7.99. The van der Waals surface area contributed by atoms with Crippen LogP contribution in [-0.4, -0.2) is 5.78 Å². The zero-order valence-electron chi connectivity index (χ0n) is 10.4. The largest absolute Gasteiger partial charge is 0.300 e. The average molecular weight is 256 g/mol. The Morgan fingerprint density at radius 2 is 1.56 bits per heavy atom. The molecule has 92 valence electrons. The molecule has 2 rings (SSSR count). The monoisotopic (exact) mass is 256 g/mol. The molecule has 0 bridgehead atoms. The first-order valence-corrected chi connectivity index (χ1v) is 6.87. The molecule has 0 amide bonds. The van der Waals surface area contributed by atoms with Gasteiger partial charge in [-0.15, -0.1) is 0 Å². The molecule has 2 heteroatoms. The molecular formula is C16H16OS. The smallest absolute Gasteiger partial charge is 0.130 e. The number of hydrogen-bond acceptors (Lipinski definition) is 2. The minimum atomic E-state index is 0.248. The lowest BCUT2D eigenvalue weighted by Crippen LogP contribution is -1.93. The summed E-state index contributed by atoms with van der Waals surface area (Å²) < 4.78 is 0. The van der Waals surface area contributed by atoms with E-state index in [-0.39, 0.29) is 5.78 Å². The number of benzene rings is 2. The van der Waals surface area contributed by atoms with Gasteiger partial charge in [0, 0.05) is 16.2 Å². The summed E-state index contributed by atoms with van der Waals surface area (Å²) in [6.07, 6.45) is 1.47. The van der Waals surface area contributed by atoms with E-state index in [9.17, 15) is 4.79 Å². The van der Waals surface area contributed by atoms with Gasteiger partial charge < -0.3 is 4.79 Å². The summed E-state index contributed by atoms with van der Waals surface area (Å²) in [5.41, 5.74) is 1.22. The minimum absolute atomic E-state index is 0.248. The summed E-state index contributed by atoms with van der Waals surface area (Å²) in [5.74, 6) is 0.248. The molecule has 0 aliphatic carbocycles. The van der Waals surface area contributed by atoms with Gasteiger partial charge in [0.05, 0.1) is 0 Å². The van der Waals surface area contributed by atoms with Crippen LogP contribution in [0, 0.1) is 0 Å². The molecule has 0 unspecified atom stereocenters. The van der Waals surface area contributed by atoms with Crippen LogP contribution in [0.2, 0.25) is 0 Å². The standard InChI is InChI=1S/C16H16OS/c1-13(17)7-8-14-9-11-16(12-10-14)18-15-5-3-2-4-6-15/h2-6,9-12H,7-8H2,1H3. The number of hydrogen-bond donors (Lipinski definition) is 0. The van der Waals surface area contributed by atoms with Crippen LogP contribution in [0.5, 0.6) is 0 Å². The molecule has 0 saturated heterocycles. The lowest BCUT2D eigenvalue weighted by Gasteiger charge is -2.03. The maximum atomic E-state index is 10.9. The van der Waals surface area contributed by atoms with E-state index in [4.69, 9.17) is 0 Å². The highest BCUT2D eigenvalue weighted by Gasteiger charge is 1.99. The first-order valence-electron chi connectivity index (χ1n) is 6.05. The molecule has 18 heavy (non-hydrogen) atoms. The first kappa shape index (κ1) is 12.9. The van der Waals surface area contributed by atoms with Gasteiger partial charge in [-0.1, -0.05) is 42.1 Å². The zero-order chi connectivity index (χ0) is 12.8. The Morgan fingerprint density at radius 1 is 0.944 bits per heavy atom. The van der Waals surface area contributed by atoms with Crippen molar-refractivity contribution in [2.45, 2.75) is 29.6 Å². The number of Topliss-reactive ketones (excluding diaryl/α,β-unsaturated/α-hetero) is 1. The molecule has 2 aromatic carbocycles.